The number of nitrogens with zero attached hydrogens (tertiary/aromatic N) is 7. The summed E-state index contributed by atoms with van der Waals surface area (Å²) < 4.78 is 3.33. The Morgan fingerprint density at radius 3 is 2.04 bits per heavy atom. The van der Waals surface area contributed by atoms with Gasteiger partial charge in [0, 0.05) is 31.4 Å². The van der Waals surface area contributed by atoms with E-state index in [4.69, 9.17) is 58.0 Å². The van der Waals surface area contributed by atoms with Crippen molar-refractivity contribution >= 4 is 80.5 Å². The summed E-state index contributed by atoms with van der Waals surface area (Å²) in [6, 6.07) is 18.2. The number of rotatable bonds is 11. The summed E-state index contributed by atoms with van der Waals surface area (Å²) in [5.74, 6) is 0.760. The van der Waals surface area contributed by atoms with Gasteiger partial charge in [-0.15, -0.1) is 11.8 Å². The fourth-order valence-electron chi connectivity index (χ4n) is 4.24. The molecule has 1 atom stereocenters. The van der Waals surface area contributed by atoms with Crippen LogP contribution in [0.15, 0.2) is 91.0 Å². The molecule has 5 aromatic rings. The van der Waals surface area contributed by atoms with Crippen LogP contribution in [0.1, 0.15) is 37.3 Å². The lowest BCUT2D eigenvalue weighted by atomic mass is 9.88. The zero-order chi connectivity index (χ0) is 32.2. The average Bonchev–Trinajstić information content (AvgIpc) is 3.72. The molecule has 1 N–H and O–H groups in total. The van der Waals surface area contributed by atoms with Crippen LogP contribution in [0.5, 0.6) is 0 Å². The highest BCUT2D eigenvalue weighted by atomic mass is 35.5. The van der Waals surface area contributed by atoms with Gasteiger partial charge in [0.05, 0.1) is 28.8 Å². The maximum Gasteiger partial charge on any atom is 0.137 e. The van der Waals surface area contributed by atoms with Gasteiger partial charge in [-0.25, -0.2) is 24.3 Å². The zero-order valence-electron chi connectivity index (χ0n) is 24.2. The molecule has 0 aliphatic heterocycles. The number of unbranched alkanes of at least 4 members (excludes halogenated alkanes) is 1. The average molecular weight is 726 g/mol. The number of halogens is 5. The first-order chi connectivity index (χ1) is 21.6. The zero-order valence-corrected chi connectivity index (χ0v) is 28.8. The highest BCUT2D eigenvalue weighted by Crippen LogP contribution is 2.35. The van der Waals surface area contributed by atoms with Crippen molar-refractivity contribution in [2.24, 2.45) is 4.99 Å². The van der Waals surface area contributed by atoms with E-state index in [9.17, 15) is 5.11 Å². The molecule has 3 aromatic carbocycles. The SMILES string of the molecule is CCCCC(O)(Cn1cncn1)c1ccc(Cl)cc1Cl.Clc1ccc(CSC(Cn2cncn2)=Nc2ccc(Cl)cc2Cl)cc1. The number of aliphatic imine (C=N–C) groups is 1. The highest BCUT2D eigenvalue weighted by Gasteiger charge is 2.32. The van der Waals surface area contributed by atoms with Crippen molar-refractivity contribution in [3.63, 3.8) is 0 Å². The van der Waals surface area contributed by atoms with Gasteiger partial charge in [-0.2, -0.15) is 10.2 Å². The second-order valence-corrected chi connectivity index (χ2v) is 13.1. The highest BCUT2D eigenvalue weighted by molar-refractivity contribution is 8.13. The van der Waals surface area contributed by atoms with Crippen molar-refractivity contribution in [2.75, 3.05) is 0 Å². The van der Waals surface area contributed by atoms with Gasteiger partial charge in [-0.1, -0.05) is 96.0 Å². The molecule has 0 saturated heterocycles. The minimum Gasteiger partial charge on any atom is -0.383 e. The second-order valence-electron chi connectivity index (χ2n) is 9.96. The number of hydrogen-bond donors (Lipinski definition) is 1. The summed E-state index contributed by atoms with van der Waals surface area (Å²) in [5.41, 5.74) is 1.42. The molecular formula is C31H30Cl5N7OS. The van der Waals surface area contributed by atoms with Crippen LogP contribution in [0.2, 0.25) is 25.1 Å². The van der Waals surface area contributed by atoms with Gasteiger partial charge in [0.1, 0.15) is 30.9 Å². The fraction of sp³-hybridized carbons (Fsp3) is 0.258. The Kier molecular flexibility index (Phi) is 13.6. The Morgan fingerprint density at radius 1 is 0.822 bits per heavy atom. The molecule has 0 spiro atoms. The largest absolute Gasteiger partial charge is 0.383 e. The summed E-state index contributed by atoms with van der Waals surface area (Å²) in [5, 5.41) is 22.9. The molecule has 45 heavy (non-hydrogen) atoms. The molecule has 236 valence electrons. The van der Waals surface area contributed by atoms with E-state index in [0.29, 0.717) is 50.9 Å². The van der Waals surface area contributed by atoms with Crippen molar-refractivity contribution in [3.05, 3.63) is 122 Å². The maximum absolute atomic E-state index is 11.0. The topological polar surface area (TPSA) is 94.0 Å². The van der Waals surface area contributed by atoms with Crippen LogP contribution in [0.4, 0.5) is 5.69 Å². The van der Waals surface area contributed by atoms with Gasteiger partial charge in [0.2, 0.25) is 0 Å². The third kappa shape index (κ3) is 11.0. The van der Waals surface area contributed by atoms with Crippen LogP contribution in [0, 0.1) is 0 Å². The summed E-state index contributed by atoms with van der Waals surface area (Å²) in [7, 11) is 0. The first-order valence-electron chi connectivity index (χ1n) is 13.9. The number of hydrogen-bond acceptors (Lipinski definition) is 7. The van der Waals surface area contributed by atoms with Gasteiger partial charge in [0.25, 0.3) is 0 Å². The maximum atomic E-state index is 11.0. The van der Waals surface area contributed by atoms with E-state index in [1.54, 1.807) is 70.2 Å². The van der Waals surface area contributed by atoms with Gasteiger partial charge < -0.3 is 5.11 Å². The summed E-state index contributed by atoms with van der Waals surface area (Å²) in [4.78, 5) is 12.6. The molecule has 0 saturated carbocycles. The third-order valence-electron chi connectivity index (χ3n) is 6.50. The molecule has 1 unspecified atom stereocenters. The van der Waals surface area contributed by atoms with E-state index in [1.165, 1.54) is 12.7 Å². The fourth-order valence-corrected chi connectivity index (χ4v) is 6.31. The van der Waals surface area contributed by atoms with E-state index in [2.05, 4.69) is 32.1 Å². The van der Waals surface area contributed by atoms with Crippen molar-refractivity contribution in [1.29, 1.82) is 0 Å². The van der Waals surface area contributed by atoms with Crippen LogP contribution >= 0.6 is 69.8 Å². The normalized spacial score (nSPS) is 12.8. The Labute approximate surface area is 291 Å². The predicted molar refractivity (Wildman–Crippen MR) is 186 cm³/mol. The Morgan fingerprint density at radius 2 is 1.44 bits per heavy atom. The lowest BCUT2D eigenvalue weighted by molar-refractivity contribution is 0.00429. The number of benzene rings is 3. The molecule has 5 rings (SSSR count). The minimum atomic E-state index is -1.08. The quantitative estimate of drug-likeness (QED) is 0.108. The van der Waals surface area contributed by atoms with Gasteiger partial charge >= 0.3 is 0 Å². The van der Waals surface area contributed by atoms with E-state index >= 15 is 0 Å². The lowest BCUT2D eigenvalue weighted by Gasteiger charge is -2.29. The summed E-state index contributed by atoms with van der Waals surface area (Å²) in [6.07, 6.45) is 8.67. The monoisotopic (exact) mass is 723 g/mol. The molecule has 0 aliphatic carbocycles. The van der Waals surface area contributed by atoms with E-state index in [-0.39, 0.29) is 0 Å². The molecule has 2 heterocycles. The Hall–Kier alpha value is -2.63. The van der Waals surface area contributed by atoms with Crippen molar-refractivity contribution < 1.29 is 5.11 Å². The lowest BCUT2D eigenvalue weighted by Crippen LogP contribution is -2.32. The van der Waals surface area contributed by atoms with Crippen LogP contribution < -0.4 is 0 Å². The molecule has 0 radical (unpaired) electrons. The van der Waals surface area contributed by atoms with Crippen molar-refractivity contribution in [2.45, 2.75) is 50.6 Å². The van der Waals surface area contributed by atoms with Crippen LogP contribution in [0.3, 0.4) is 0 Å². The number of aliphatic hydroxyl groups is 1. The Balaban J connectivity index is 0.000000210. The van der Waals surface area contributed by atoms with Crippen molar-refractivity contribution in [1.82, 2.24) is 29.5 Å². The smallest absolute Gasteiger partial charge is 0.137 e. The van der Waals surface area contributed by atoms with Gasteiger partial charge in [0.15, 0.2) is 0 Å². The van der Waals surface area contributed by atoms with Crippen molar-refractivity contribution in [3.8, 4) is 0 Å². The molecule has 0 fully saturated rings. The van der Waals surface area contributed by atoms with Crippen LogP contribution in [0.25, 0.3) is 0 Å². The standard InChI is InChI=1S/C17H13Cl3N4S.C14H17Cl2N3O/c18-13-3-1-12(2-4-13)9-25-17(8-24-11-21-10-22-24)23-16-6-5-14(19)7-15(16)20;1-2-3-6-14(20,8-19-10-17-9-18-19)12-5-4-11(15)7-13(12)16/h1-7,10-11H,8-9H2;4-5,7,9-10,20H,2-3,6,8H2,1H3. The second kappa shape index (κ2) is 17.3. The van der Waals surface area contributed by atoms with Gasteiger partial charge in [-0.05, 0) is 54.4 Å². The summed E-state index contributed by atoms with van der Waals surface area (Å²) in [6.45, 7) is 2.91. The Bertz CT molecular complexity index is 1670. The van der Waals surface area contributed by atoms with E-state index in [0.717, 1.165) is 34.2 Å². The molecule has 14 heteroatoms. The third-order valence-corrected chi connectivity index (χ3v) is 8.87. The number of thioether (sulfide) groups is 1. The first kappa shape index (κ1) is 35.2. The molecular weight excluding hydrogens is 696 g/mol. The molecule has 8 nitrogen and oxygen atoms in total. The molecule has 2 aromatic heterocycles. The molecule has 0 aliphatic rings. The van der Waals surface area contributed by atoms with E-state index in [1.807, 2.05) is 24.3 Å². The predicted octanol–water partition coefficient (Wildman–Crippen LogP) is 9.56. The molecule has 0 bridgehead atoms. The number of aromatic nitrogens is 6. The first-order valence-corrected chi connectivity index (χ1v) is 16.8. The summed E-state index contributed by atoms with van der Waals surface area (Å²) >= 11 is 31.9. The van der Waals surface area contributed by atoms with Crippen LogP contribution in [-0.4, -0.2) is 39.7 Å². The molecule has 0 amide bonds. The van der Waals surface area contributed by atoms with Gasteiger partial charge in [-0.3, -0.25) is 0 Å². The van der Waals surface area contributed by atoms with Crippen LogP contribution in [-0.2, 0) is 24.4 Å². The minimum absolute atomic E-state index is 0.314. The van der Waals surface area contributed by atoms with E-state index < -0.39 is 5.60 Å².